The van der Waals surface area contributed by atoms with E-state index >= 15 is 0 Å². The predicted molar refractivity (Wildman–Crippen MR) is 85.5 cm³/mol. The van der Waals surface area contributed by atoms with Crippen molar-refractivity contribution in [3.63, 3.8) is 0 Å². The van der Waals surface area contributed by atoms with Crippen LogP contribution < -0.4 is 5.32 Å². The molecule has 0 aliphatic heterocycles. The molecule has 1 aliphatic rings. The average molecular weight is 371 g/mol. The Morgan fingerprint density at radius 1 is 1.29 bits per heavy atom. The van der Waals surface area contributed by atoms with Crippen molar-refractivity contribution >= 4 is 16.2 Å². The minimum Gasteiger partial charge on any atom is -0.444 e. The minimum absolute atomic E-state index is 0.0206. The van der Waals surface area contributed by atoms with Gasteiger partial charge in [-0.05, 0) is 46.0 Å². The van der Waals surface area contributed by atoms with E-state index in [-0.39, 0.29) is 25.4 Å². The number of rotatable bonds is 6. The number of hydrogen-bond donors (Lipinski definition) is 1. The zero-order chi connectivity index (χ0) is 18.6. The van der Waals surface area contributed by atoms with Gasteiger partial charge >= 0.3 is 6.09 Å². The first-order chi connectivity index (χ1) is 10.8. The Morgan fingerprint density at radius 3 is 2.29 bits per heavy atom. The molecule has 1 fully saturated rings. The molecule has 0 aromatic heterocycles. The Hall–Kier alpha value is -0.960. The van der Waals surface area contributed by atoms with Crippen LogP contribution >= 0.6 is 0 Å². The van der Waals surface area contributed by atoms with Crippen molar-refractivity contribution in [1.82, 2.24) is 5.32 Å². The largest absolute Gasteiger partial charge is 0.444 e. The third-order valence-electron chi connectivity index (χ3n) is 3.66. The molecule has 9 heteroatoms. The van der Waals surface area contributed by atoms with Gasteiger partial charge in [0.15, 0.2) is 0 Å². The van der Waals surface area contributed by atoms with Crippen molar-refractivity contribution in [1.29, 1.82) is 0 Å². The molecule has 0 heterocycles. The van der Waals surface area contributed by atoms with E-state index in [1.165, 1.54) is 0 Å². The molecule has 1 aliphatic carbocycles. The van der Waals surface area contributed by atoms with Gasteiger partial charge in [0.05, 0.1) is 18.9 Å². The highest BCUT2D eigenvalue weighted by Gasteiger charge is 2.36. The molecule has 142 valence electrons. The van der Waals surface area contributed by atoms with Gasteiger partial charge in [0, 0.05) is 12.8 Å². The fraction of sp³-hybridized carbons (Fsp3) is 0.933. The van der Waals surface area contributed by atoms with E-state index in [9.17, 15) is 22.0 Å². The quantitative estimate of drug-likeness (QED) is 0.726. The second kappa shape index (κ2) is 7.95. The molecule has 1 amide bonds. The van der Waals surface area contributed by atoms with Crippen LogP contribution in [0.5, 0.6) is 0 Å². The molecule has 1 saturated carbocycles. The van der Waals surface area contributed by atoms with E-state index < -0.39 is 33.8 Å². The molecule has 1 atom stereocenters. The molecular weight excluding hydrogens is 344 g/mol. The maximum atomic E-state index is 13.2. The van der Waals surface area contributed by atoms with Crippen LogP contribution in [0.3, 0.4) is 0 Å². The van der Waals surface area contributed by atoms with Gasteiger partial charge in [-0.25, -0.2) is 13.6 Å². The molecule has 0 aromatic carbocycles. The SMILES string of the molecule is CC(C)(C)OC(=O)N[C@@H](COS(C)(=O)=O)CC1CCC(F)(F)CC1. The van der Waals surface area contributed by atoms with Gasteiger partial charge in [-0.3, -0.25) is 4.18 Å². The third-order valence-corrected chi connectivity index (χ3v) is 4.22. The number of nitrogens with one attached hydrogen (secondary N) is 1. The fourth-order valence-corrected chi connectivity index (χ4v) is 3.00. The second-order valence-electron chi connectivity index (χ2n) is 7.37. The highest BCUT2D eigenvalue weighted by molar-refractivity contribution is 7.85. The molecule has 1 rings (SSSR count). The van der Waals surface area contributed by atoms with Crippen molar-refractivity contribution in [2.45, 2.75) is 70.4 Å². The van der Waals surface area contributed by atoms with Crippen LogP contribution in [-0.4, -0.2) is 44.9 Å². The van der Waals surface area contributed by atoms with Crippen molar-refractivity contribution in [2.24, 2.45) is 5.92 Å². The van der Waals surface area contributed by atoms with Gasteiger partial charge in [0.25, 0.3) is 10.1 Å². The molecule has 0 radical (unpaired) electrons. The smallest absolute Gasteiger partial charge is 0.407 e. The van der Waals surface area contributed by atoms with Crippen LogP contribution in [-0.2, 0) is 19.0 Å². The second-order valence-corrected chi connectivity index (χ2v) is 9.01. The van der Waals surface area contributed by atoms with Crippen LogP contribution in [0.2, 0.25) is 0 Å². The third kappa shape index (κ3) is 9.36. The summed E-state index contributed by atoms with van der Waals surface area (Å²) in [5, 5.41) is 2.58. The highest BCUT2D eigenvalue weighted by Crippen LogP contribution is 2.37. The van der Waals surface area contributed by atoms with E-state index in [1.54, 1.807) is 20.8 Å². The number of carbonyl (C=O) groups excluding carboxylic acids is 1. The zero-order valence-corrected chi connectivity index (χ0v) is 15.4. The topological polar surface area (TPSA) is 81.7 Å². The summed E-state index contributed by atoms with van der Waals surface area (Å²) in [6, 6.07) is -0.619. The van der Waals surface area contributed by atoms with Gasteiger partial charge in [-0.15, -0.1) is 0 Å². The first-order valence-corrected chi connectivity index (χ1v) is 9.79. The van der Waals surface area contributed by atoms with Gasteiger partial charge in [0.1, 0.15) is 5.60 Å². The summed E-state index contributed by atoms with van der Waals surface area (Å²) in [6.45, 7) is 4.87. The fourth-order valence-electron chi connectivity index (χ4n) is 2.59. The summed E-state index contributed by atoms with van der Waals surface area (Å²) < 4.78 is 58.7. The molecule has 0 bridgehead atoms. The van der Waals surface area contributed by atoms with Crippen molar-refractivity contribution in [3.05, 3.63) is 0 Å². The van der Waals surface area contributed by atoms with Crippen LogP contribution in [0.15, 0.2) is 0 Å². The van der Waals surface area contributed by atoms with E-state index in [0.717, 1.165) is 6.26 Å². The number of ether oxygens (including phenoxy) is 1. The lowest BCUT2D eigenvalue weighted by atomic mass is 9.83. The molecule has 6 nitrogen and oxygen atoms in total. The summed E-state index contributed by atoms with van der Waals surface area (Å²) in [5.74, 6) is -2.65. The lowest BCUT2D eigenvalue weighted by molar-refractivity contribution is -0.0479. The van der Waals surface area contributed by atoms with E-state index in [2.05, 4.69) is 5.32 Å². The molecule has 0 saturated heterocycles. The van der Waals surface area contributed by atoms with E-state index in [4.69, 9.17) is 8.92 Å². The summed E-state index contributed by atoms with van der Waals surface area (Å²) in [4.78, 5) is 11.9. The number of alkyl carbamates (subject to hydrolysis) is 1. The maximum absolute atomic E-state index is 13.2. The van der Waals surface area contributed by atoms with Crippen LogP contribution in [0.25, 0.3) is 0 Å². The van der Waals surface area contributed by atoms with Gasteiger partial charge in [-0.1, -0.05) is 0 Å². The van der Waals surface area contributed by atoms with E-state index in [0.29, 0.717) is 19.3 Å². The monoisotopic (exact) mass is 371 g/mol. The summed E-state index contributed by atoms with van der Waals surface area (Å²) in [5.41, 5.74) is -0.695. The predicted octanol–water partition coefficient (Wildman–Crippen LogP) is 3.07. The number of amides is 1. The van der Waals surface area contributed by atoms with E-state index in [1.807, 2.05) is 0 Å². The van der Waals surface area contributed by atoms with Crippen LogP contribution in [0, 0.1) is 5.92 Å². The van der Waals surface area contributed by atoms with Crippen molar-refractivity contribution in [2.75, 3.05) is 12.9 Å². The Kier molecular flexibility index (Phi) is 6.98. The van der Waals surface area contributed by atoms with Gasteiger partial charge < -0.3 is 10.1 Å². The molecule has 24 heavy (non-hydrogen) atoms. The van der Waals surface area contributed by atoms with Crippen LogP contribution in [0.4, 0.5) is 13.6 Å². The zero-order valence-electron chi connectivity index (χ0n) is 14.6. The first kappa shape index (κ1) is 21.1. The lowest BCUT2D eigenvalue weighted by Gasteiger charge is -2.31. The Labute approximate surface area is 142 Å². The number of halogens is 2. The average Bonchev–Trinajstić information content (AvgIpc) is 2.35. The molecular formula is C15H27F2NO5S. The lowest BCUT2D eigenvalue weighted by Crippen LogP contribution is -2.43. The normalized spacial score (nSPS) is 20.4. The Morgan fingerprint density at radius 2 is 1.83 bits per heavy atom. The number of hydrogen-bond acceptors (Lipinski definition) is 5. The molecule has 0 spiro atoms. The van der Waals surface area contributed by atoms with Crippen molar-refractivity contribution < 1.29 is 30.9 Å². The van der Waals surface area contributed by atoms with Gasteiger partial charge in [-0.2, -0.15) is 8.42 Å². The Bertz CT molecular complexity index is 520. The highest BCUT2D eigenvalue weighted by atomic mass is 32.2. The summed E-state index contributed by atoms with van der Waals surface area (Å²) >= 11 is 0. The van der Waals surface area contributed by atoms with Gasteiger partial charge in [0.2, 0.25) is 5.92 Å². The maximum Gasteiger partial charge on any atom is 0.407 e. The molecule has 1 N–H and O–H groups in total. The molecule has 0 aromatic rings. The molecule has 0 unspecified atom stereocenters. The summed E-state index contributed by atoms with van der Waals surface area (Å²) in [7, 11) is -3.66. The van der Waals surface area contributed by atoms with Crippen molar-refractivity contribution in [3.8, 4) is 0 Å². The number of alkyl halides is 2. The van der Waals surface area contributed by atoms with Crippen LogP contribution in [0.1, 0.15) is 52.9 Å². The number of carbonyl (C=O) groups is 1. The Balaban J connectivity index is 2.62. The minimum atomic E-state index is -3.66. The standard InChI is InChI=1S/C15H27F2NO5S/c1-14(2,3)23-13(19)18-12(10-22-24(4,20)21)9-11-5-7-15(16,17)8-6-11/h11-12H,5-10H2,1-4H3,(H,18,19)/t12-/m1/s1. The first-order valence-electron chi connectivity index (χ1n) is 7.97. The summed E-state index contributed by atoms with van der Waals surface area (Å²) in [6.07, 6.45) is 0.874.